The summed E-state index contributed by atoms with van der Waals surface area (Å²) in [7, 11) is 2.14. The molecule has 0 aromatic rings. The third-order valence-electron chi connectivity index (χ3n) is 9.58. The zero-order chi connectivity index (χ0) is 36.4. The van der Waals surface area contributed by atoms with Crippen LogP contribution in [0.4, 0.5) is 0 Å². The molecule has 0 aromatic heterocycles. The summed E-state index contributed by atoms with van der Waals surface area (Å²) in [5, 5.41) is 27.5. The van der Waals surface area contributed by atoms with Crippen LogP contribution in [0.1, 0.15) is 181 Å². The fourth-order valence-electron chi connectivity index (χ4n) is 6.13. The number of unbranched alkanes of at least 4 members (excludes halogenated alkanes) is 18. The highest BCUT2D eigenvalue weighted by Gasteiger charge is 2.06. The lowest BCUT2D eigenvalue weighted by molar-refractivity contribution is 0.154. The quantitative estimate of drug-likeness (QED) is 0.0378. The van der Waals surface area contributed by atoms with Crippen LogP contribution in [0.3, 0.4) is 0 Å². The molecule has 0 saturated carbocycles. The normalized spacial score (nSPS) is 13.7. The average Bonchev–Trinajstić information content (AvgIpc) is 3.11. The van der Waals surface area contributed by atoms with E-state index in [0.717, 1.165) is 64.7 Å². The van der Waals surface area contributed by atoms with Gasteiger partial charge in [-0.1, -0.05) is 152 Å². The van der Waals surface area contributed by atoms with Crippen molar-refractivity contribution in [3.63, 3.8) is 0 Å². The number of likely N-dealkylation sites (N-methyl/N-ethyl adjacent to an activating group) is 1. The van der Waals surface area contributed by atoms with E-state index in [1.165, 1.54) is 128 Å². The standard InChI is InChI=1S/C45H87N3O2/c1-4-6-8-10-12-14-16-18-20-22-24-26-28-30-32-34-36-44(49)42-46-38-40-48(3)41-39-47-43-45(50)37-35-33-31-29-27-25-23-21-19-17-15-13-11-9-7-5-2/h16-19,22-25,44-47,49-50H,4-15,20-21,26-43H2,1-3H3/b18-16-,19-17-,24-22-,25-23-. The zero-order valence-corrected chi connectivity index (χ0v) is 33.7. The maximum atomic E-state index is 10.3. The Kier molecular flexibility index (Phi) is 41.1. The topological polar surface area (TPSA) is 67.8 Å². The molecule has 0 bridgehead atoms. The Labute approximate surface area is 312 Å². The molecule has 0 fully saturated rings. The molecular weight excluding hydrogens is 615 g/mol. The van der Waals surface area contributed by atoms with E-state index in [-0.39, 0.29) is 12.2 Å². The summed E-state index contributed by atoms with van der Waals surface area (Å²) in [6, 6.07) is 0. The number of rotatable bonds is 40. The van der Waals surface area contributed by atoms with Crippen LogP contribution < -0.4 is 10.6 Å². The number of hydrogen-bond acceptors (Lipinski definition) is 5. The van der Waals surface area contributed by atoms with E-state index >= 15 is 0 Å². The minimum atomic E-state index is -0.245. The highest BCUT2D eigenvalue weighted by atomic mass is 16.3. The second-order valence-corrected chi connectivity index (χ2v) is 14.8. The second kappa shape index (κ2) is 42.2. The monoisotopic (exact) mass is 702 g/mol. The largest absolute Gasteiger partial charge is 0.392 e. The molecule has 0 rings (SSSR count). The van der Waals surface area contributed by atoms with Crippen LogP contribution >= 0.6 is 0 Å². The minimum absolute atomic E-state index is 0.245. The Morgan fingerprint density at radius 1 is 0.440 bits per heavy atom. The van der Waals surface area contributed by atoms with Crippen molar-refractivity contribution < 1.29 is 10.2 Å². The molecule has 0 heterocycles. The Balaban J connectivity index is 3.45. The first-order valence-corrected chi connectivity index (χ1v) is 21.7. The average molecular weight is 702 g/mol. The first-order chi connectivity index (χ1) is 24.6. The molecule has 294 valence electrons. The molecule has 5 nitrogen and oxygen atoms in total. The van der Waals surface area contributed by atoms with Crippen LogP contribution in [0.25, 0.3) is 0 Å². The van der Waals surface area contributed by atoms with Crippen molar-refractivity contribution in [1.29, 1.82) is 0 Å². The first kappa shape index (κ1) is 48.8. The summed E-state index contributed by atoms with van der Waals surface area (Å²) in [5.74, 6) is 0. The van der Waals surface area contributed by atoms with E-state index in [1.807, 2.05) is 0 Å². The SMILES string of the molecule is CCCCCCC/C=C\C/C=C\CCCCCCC(O)CNCCN(C)CCNCC(O)CCCCCC/C=C\C/C=C\CCCCCCC. The maximum absolute atomic E-state index is 10.3. The molecule has 0 aliphatic carbocycles. The molecule has 0 aliphatic rings. The van der Waals surface area contributed by atoms with Gasteiger partial charge >= 0.3 is 0 Å². The van der Waals surface area contributed by atoms with E-state index in [4.69, 9.17) is 0 Å². The van der Waals surface area contributed by atoms with Crippen molar-refractivity contribution in [2.75, 3.05) is 46.3 Å². The number of aliphatic hydroxyl groups is 2. The summed E-state index contributed by atoms with van der Waals surface area (Å²) >= 11 is 0. The molecule has 0 amide bonds. The van der Waals surface area contributed by atoms with E-state index in [1.54, 1.807) is 0 Å². The van der Waals surface area contributed by atoms with Gasteiger partial charge in [0.2, 0.25) is 0 Å². The van der Waals surface area contributed by atoms with Crippen molar-refractivity contribution >= 4 is 0 Å². The summed E-state index contributed by atoms with van der Waals surface area (Å²) in [6.07, 6.45) is 50.1. The van der Waals surface area contributed by atoms with Crippen molar-refractivity contribution in [1.82, 2.24) is 15.5 Å². The Morgan fingerprint density at radius 3 is 1.10 bits per heavy atom. The Hall–Kier alpha value is -1.24. The molecule has 0 radical (unpaired) electrons. The van der Waals surface area contributed by atoms with Gasteiger partial charge in [-0.2, -0.15) is 0 Å². The summed E-state index contributed by atoms with van der Waals surface area (Å²) < 4.78 is 0. The van der Waals surface area contributed by atoms with Gasteiger partial charge in [0, 0.05) is 39.3 Å². The van der Waals surface area contributed by atoms with Gasteiger partial charge < -0.3 is 25.7 Å². The highest BCUT2D eigenvalue weighted by Crippen LogP contribution is 2.10. The van der Waals surface area contributed by atoms with Gasteiger partial charge in [0.15, 0.2) is 0 Å². The van der Waals surface area contributed by atoms with Gasteiger partial charge in [0.1, 0.15) is 0 Å². The van der Waals surface area contributed by atoms with Crippen molar-refractivity contribution in [3.05, 3.63) is 48.6 Å². The molecule has 0 spiro atoms. The van der Waals surface area contributed by atoms with Gasteiger partial charge in [-0.25, -0.2) is 0 Å². The molecule has 50 heavy (non-hydrogen) atoms. The minimum Gasteiger partial charge on any atom is -0.392 e. The summed E-state index contributed by atoms with van der Waals surface area (Å²) in [4.78, 5) is 2.30. The van der Waals surface area contributed by atoms with Crippen LogP contribution in [0.2, 0.25) is 0 Å². The lowest BCUT2D eigenvalue weighted by Crippen LogP contribution is -2.38. The molecule has 4 N–H and O–H groups in total. The lowest BCUT2D eigenvalue weighted by Gasteiger charge is -2.19. The third-order valence-corrected chi connectivity index (χ3v) is 9.58. The fourth-order valence-corrected chi connectivity index (χ4v) is 6.13. The number of allylic oxidation sites excluding steroid dienone is 8. The van der Waals surface area contributed by atoms with Crippen LogP contribution in [-0.4, -0.2) is 73.6 Å². The van der Waals surface area contributed by atoms with E-state index in [9.17, 15) is 10.2 Å². The van der Waals surface area contributed by atoms with Crippen LogP contribution in [-0.2, 0) is 0 Å². The third kappa shape index (κ3) is 41.2. The van der Waals surface area contributed by atoms with Crippen molar-refractivity contribution in [2.24, 2.45) is 0 Å². The fraction of sp³-hybridized carbons (Fsp3) is 0.822. The molecule has 0 aliphatic heterocycles. The highest BCUT2D eigenvalue weighted by molar-refractivity contribution is 4.93. The summed E-state index contributed by atoms with van der Waals surface area (Å²) in [6.45, 7) is 9.61. The molecule has 5 heteroatoms. The zero-order valence-electron chi connectivity index (χ0n) is 33.7. The molecular formula is C45H87N3O2. The predicted molar refractivity (Wildman–Crippen MR) is 223 cm³/mol. The Morgan fingerprint density at radius 2 is 0.760 bits per heavy atom. The van der Waals surface area contributed by atoms with E-state index in [0.29, 0.717) is 13.1 Å². The maximum Gasteiger partial charge on any atom is 0.0664 e. The molecule has 0 aromatic carbocycles. The van der Waals surface area contributed by atoms with Gasteiger partial charge in [0.05, 0.1) is 12.2 Å². The second-order valence-electron chi connectivity index (χ2n) is 14.8. The van der Waals surface area contributed by atoms with Crippen LogP contribution in [0.5, 0.6) is 0 Å². The first-order valence-electron chi connectivity index (χ1n) is 21.7. The van der Waals surface area contributed by atoms with Crippen molar-refractivity contribution in [2.45, 2.75) is 193 Å². The van der Waals surface area contributed by atoms with E-state index < -0.39 is 0 Å². The lowest BCUT2D eigenvalue weighted by atomic mass is 10.1. The predicted octanol–water partition coefficient (Wildman–Crippen LogP) is 11.2. The van der Waals surface area contributed by atoms with Crippen molar-refractivity contribution in [3.8, 4) is 0 Å². The molecule has 2 unspecified atom stereocenters. The number of hydrogen-bond donors (Lipinski definition) is 4. The van der Waals surface area contributed by atoms with Crippen LogP contribution in [0.15, 0.2) is 48.6 Å². The number of nitrogens with zero attached hydrogens (tertiary/aromatic N) is 1. The van der Waals surface area contributed by atoms with Gasteiger partial charge in [0.25, 0.3) is 0 Å². The Bertz CT molecular complexity index is 703. The number of aliphatic hydroxyl groups excluding tert-OH is 2. The van der Waals surface area contributed by atoms with Gasteiger partial charge in [-0.05, 0) is 84.1 Å². The smallest absolute Gasteiger partial charge is 0.0664 e. The molecule has 2 atom stereocenters. The molecule has 0 saturated heterocycles. The van der Waals surface area contributed by atoms with Crippen LogP contribution in [0, 0.1) is 0 Å². The van der Waals surface area contributed by atoms with Gasteiger partial charge in [-0.3, -0.25) is 0 Å². The number of nitrogens with one attached hydrogen (secondary N) is 2. The van der Waals surface area contributed by atoms with Gasteiger partial charge in [-0.15, -0.1) is 0 Å². The van der Waals surface area contributed by atoms with E-state index in [2.05, 4.69) is 85.0 Å². The summed E-state index contributed by atoms with van der Waals surface area (Å²) in [5.41, 5.74) is 0.